The van der Waals surface area contributed by atoms with Gasteiger partial charge in [-0.05, 0) is 49.4 Å². The summed E-state index contributed by atoms with van der Waals surface area (Å²) >= 11 is 1.56. The standard InChI is InChI=1S/C20H21NO6S2/c1-26-18-10-5-14(11-19(18)29(24,25)21-15-6-7-15)20(23)27-12-17(22)13-3-8-16(28-2)9-4-13/h3-5,8-11,15,21H,6-7,12H2,1-2H3. The lowest BCUT2D eigenvalue weighted by molar-refractivity contribution is 0.0474. The molecule has 29 heavy (non-hydrogen) atoms. The third-order valence-corrected chi connectivity index (χ3v) is 6.62. The Morgan fingerprint density at radius 1 is 1.10 bits per heavy atom. The van der Waals surface area contributed by atoms with Gasteiger partial charge in [-0.1, -0.05) is 12.1 Å². The van der Waals surface area contributed by atoms with E-state index >= 15 is 0 Å². The number of thioether (sulfide) groups is 1. The first kappa shape index (κ1) is 21.4. The van der Waals surface area contributed by atoms with Crippen LogP contribution in [0.5, 0.6) is 5.75 Å². The number of sulfonamides is 1. The Kier molecular flexibility index (Phi) is 6.61. The van der Waals surface area contributed by atoms with E-state index in [0.717, 1.165) is 17.7 Å². The van der Waals surface area contributed by atoms with E-state index in [2.05, 4.69) is 4.72 Å². The minimum Gasteiger partial charge on any atom is -0.495 e. The van der Waals surface area contributed by atoms with Crippen LogP contribution in [0.1, 0.15) is 33.6 Å². The number of hydrogen-bond donors (Lipinski definition) is 1. The first-order valence-electron chi connectivity index (χ1n) is 8.89. The van der Waals surface area contributed by atoms with Crippen molar-refractivity contribution in [2.45, 2.75) is 28.7 Å². The zero-order valence-electron chi connectivity index (χ0n) is 16.0. The number of ketones is 1. The molecule has 1 N–H and O–H groups in total. The molecule has 0 unspecified atom stereocenters. The molecular formula is C20H21NO6S2. The summed E-state index contributed by atoms with van der Waals surface area (Å²) in [6.45, 7) is -0.439. The lowest BCUT2D eigenvalue weighted by Crippen LogP contribution is -2.26. The topological polar surface area (TPSA) is 98.8 Å². The van der Waals surface area contributed by atoms with E-state index < -0.39 is 22.6 Å². The molecule has 9 heteroatoms. The van der Waals surface area contributed by atoms with Crippen LogP contribution in [-0.4, -0.2) is 46.2 Å². The first-order chi connectivity index (χ1) is 13.8. The van der Waals surface area contributed by atoms with Crippen LogP contribution in [0.15, 0.2) is 52.3 Å². The van der Waals surface area contributed by atoms with Gasteiger partial charge in [0.15, 0.2) is 12.4 Å². The van der Waals surface area contributed by atoms with E-state index in [1.54, 1.807) is 23.9 Å². The summed E-state index contributed by atoms with van der Waals surface area (Å²) < 4.78 is 37.8. The minimum atomic E-state index is -3.83. The van der Waals surface area contributed by atoms with Gasteiger partial charge in [-0.15, -0.1) is 11.8 Å². The molecule has 0 aliphatic heterocycles. The Balaban J connectivity index is 1.71. The Hall–Kier alpha value is -2.36. The van der Waals surface area contributed by atoms with Crippen molar-refractivity contribution in [1.29, 1.82) is 0 Å². The number of esters is 1. The molecule has 1 saturated carbocycles. The van der Waals surface area contributed by atoms with Crippen LogP contribution >= 0.6 is 11.8 Å². The van der Waals surface area contributed by atoms with Crippen LogP contribution < -0.4 is 9.46 Å². The maximum atomic E-state index is 12.5. The molecule has 0 heterocycles. The number of carbonyl (C=O) groups is 2. The van der Waals surface area contributed by atoms with Crippen molar-refractivity contribution >= 4 is 33.5 Å². The second kappa shape index (κ2) is 8.98. The van der Waals surface area contributed by atoms with E-state index in [9.17, 15) is 18.0 Å². The predicted octanol–water partition coefficient (Wildman–Crippen LogP) is 2.90. The van der Waals surface area contributed by atoms with Gasteiger partial charge in [0, 0.05) is 16.5 Å². The van der Waals surface area contributed by atoms with Gasteiger partial charge in [0.1, 0.15) is 10.6 Å². The normalized spacial score (nSPS) is 13.7. The van der Waals surface area contributed by atoms with E-state index in [-0.39, 0.29) is 28.0 Å². The van der Waals surface area contributed by atoms with Crippen LogP contribution in [0, 0.1) is 0 Å². The fourth-order valence-electron chi connectivity index (χ4n) is 2.57. The molecule has 1 aliphatic carbocycles. The predicted molar refractivity (Wildman–Crippen MR) is 109 cm³/mol. The van der Waals surface area contributed by atoms with Crippen molar-refractivity contribution in [1.82, 2.24) is 4.72 Å². The molecule has 154 valence electrons. The van der Waals surface area contributed by atoms with Gasteiger partial charge in [-0.3, -0.25) is 4.79 Å². The van der Waals surface area contributed by atoms with Crippen LogP contribution in [-0.2, 0) is 14.8 Å². The maximum Gasteiger partial charge on any atom is 0.338 e. The number of hydrogen-bond acceptors (Lipinski definition) is 7. The third kappa shape index (κ3) is 5.37. The Bertz CT molecular complexity index is 1010. The molecule has 0 aromatic heterocycles. The highest BCUT2D eigenvalue weighted by atomic mass is 32.2. The zero-order chi connectivity index (χ0) is 21.0. The van der Waals surface area contributed by atoms with Crippen LogP contribution in [0.3, 0.4) is 0 Å². The summed E-state index contributed by atoms with van der Waals surface area (Å²) in [7, 11) is -2.48. The van der Waals surface area contributed by atoms with E-state index in [0.29, 0.717) is 5.56 Å². The van der Waals surface area contributed by atoms with Gasteiger partial charge >= 0.3 is 5.97 Å². The second-order valence-electron chi connectivity index (χ2n) is 6.49. The smallest absolute Gasteiger partial charge is 0.338 e. The lowest BCUT2D eigenvalue weighted by Gasteiger charge is -2.12. The monoisotopic (exact) mass is 435 g/mol. The van der Waals surface area contributed by atoms with Gasteiger partial charge in [-0.25, -0.2) is 17.9 Å². The molecule has 0 atom stereocenters. The molecule has 0 saturated heterocycles. The Morgan fingerprint density at radius 3 is 2.34 bits per heavy atom. The molecule has 2 aromatic rings. The van der Waals surface area contributed by atoms with Crippen molar-refractivity contribution in [3.8, 4) is 5.75 Å². The van der Waals surface area contributed by atoms with Crippen molar-refractivity contribution in [2.75, 3.05) is 20.0 Å². The molecule has 0 amide bonds. The van der Waals surface area contributed by atoms with E-state index in [4.69, 9.17) is 9.47 Å². The van der Waals surface area contributed by atoms with Gasteiger partial charge < -0.3 is 9.47 Å². The maximum absolute atomic E-state index is 12.5. The quantitative estimate of drug-likeness (QED) is 0.367. The summed E-state index contributed by atoms with van der Waals surface area (Å²) in [5.74, 6) is -1.01. The largest absolute Gasteiger partial charge is 0.495 e. The molecule has 2 aromatic carbocycles. The third-order valence-electron chi connectivity index (χ3n) is 4.33. The fraction of sp³-hybridized carbons (Fsp3) is 0.300. The highest BCUT2D eigenvalue weighted by molar-refractivity contribution is 7.98. The van der Waals surface area contributed by atoms with Crippen molar-refractivity contribution in [3.63, 3.8) is 0 Å². The van der Waals surface area contributed by atoms with Gasteiger partial charge in [-0.2, -0.15) is 0 Å². The average Bonchev–Trinajstić information content (AvgIpc) is 3.54. The fourth-order valence-corrected chi connectivity index (χ4v) is 4.48. The van der Waals surface area contributed by atoms with Crippen LogP contribution in [0.4, 0.5) is 0 Å². The highest BCUT2D eigenvalue weighted by Crippen LogP contribution is 2.28. The number of Topliss-reactive ketones (excluding diaryl/α,β-unsaturated/α-hetero) is 1. The number of rotatable bonds is 9. The van der Waals surface area contributed by atoms with Crippen LogP contribution in [0.25, 0.3) is 0 Å². The molecule has 1 aliphatic rings. The molecule has 3 rings (SSSR count). The molecule has 0 bridgehead atoms. The Labute approximate surface area is 173 Å². The molecule has 0 radical (unpaired) electrons. The lowest BCUT2D eigenvalue weighted by atomic mass is 10.1. The molecular weight excluding hydrogens is 414 g/mol. The van der Waals surface area contributed by atoms with Crippen LogP contribution in [0.2, 0.25) is 0 Å². The van der Waals surface area contributed by atoms with E-state index in [1.807, 2.05) is 18.4 Å². The van der Waals surface area contributed by atoms with Gasteiger partial charge in [0.2, 0.25) is 10.0 Å². The number of nitrogens with one attached hydrogen (secondary N) is 1. The summed E-state index contributed by atoms with van der Waals surface area (Å²) in [4.78, 5) is 25.5. The van der Waals surface area contributed by atoms with Crippen molar-refractivity contribution < 1.29 is 27.5 Å². The Morgan fingerprint density at radius 2 is 1.76 bits per heavy atom. The van der Waals surface area contributed by atoms with Crippen molar-refractivity contribution in [2.24, 2.45) is 0 Å². The molecule has 1 fully saturated rings. The minimum absolute atomic E-state index is 0.0208. The van der Waals surface area contributed by atoms with Gasteiger partial charge in [0.25, 0.3) is 0 Å². The highest BCUT2D eigenvalue weighted by Gasteiger charge is 2.30. The average molecular weight is 436 g/mol. The first-order valence-corrected chi connectivity index (χ1v) is 11.6. The van der Waals surface area contributed by atoms with Gasteiger partial charge in [0.05, 0.1) is 12.7 Å². The summed E-state index contributed by atoms with van der Waals surface area (Å²) in [5, 5.41) is 0. The summed E-state index contributed by atoms with van der Waals surface area (Å²) in [5.41, 5.74) is 0.453. The number of methoxy groups -OCH3 is 1. The van der Waals surface area contributed by atoms with Crippen molar-refractivity contribution in [3.05, 3.63) is 53.6 Å². The molecule has 7 nitrogen and oxygen atoms in total. The SMILES string of the molecule is COc1ccc(C(=O)OCC(=O)c2ccc(SC)cc2)cc1S(=O)(=O)NC1CC1. The van der Waals surface area contributed by atoms with E-state index in [1.165, 1.54) is 25.3 Å². The summed E-state index contributed by atoms with van der Waals surface area (Å²) in [6.07, 6.45) is 3.49. The molecule has 0 spiro atoms. The summed E-state index contributed by atoms with van der Waals surface area (Å²) in [6, 6.07) is 10.9. The number of ether oxygens (including phenoxy) is 2. The second-order valence-corrected chi connectivity index (χ2v) is 9.05. The number of carbonyl (C=O) groups excluding carboxylic acids is 2. The number of benzene rings is 2. The zero-order valence-corrected chi connectivity index (χ0v) is 17.6.